The van der Waals surface area contributed by atoms with Gasteiger partial charge in [-0.25, -0.2) is 0 Å². The highest BCUT2D eigenvalue weighted by Crippen LogP contribution is 2.58. The molecule has 3 nitrogen and oxygen atoms in total. The molecule has 0 radical (unpaired) electrons. The van der Waals surface area contributed by atoms with Crippen LogP contribution < -0.4 is 10.6 Å². The van der Waals surface area contributed by atoms with Crippen molar-refractivity contribution < 1.29 is 4.79 Å². The number of amides is 1. The summed E-state index contributed by atoms with van der Waals surface area (Å²) in [7, 11) is 0. The summed E-state index contributed by atoms with van der Waals surface area (Å²) in [6.07, 6.45) is 3.36. The van der Waals surface area contributed by atoms with Crippen LogP contribution in [0.15, 0.2) is 24.3 Å². The molecule has 1 aliphatic heterocycles. The molecule has 0 aromatic heterocycles. The van der Waals surface area contributed by atoms with Crippen LogP contribution in [0.4, 0.5) is 5.69 Å². The molecule has 3 heteroatoms. The van der Waals surface area contributed by atoms with Crippen molar-refractivity contribution in [3.63, 3.8) is 0 Å². The lowest BCUT2D eigenvalue weighted by atomic mass is 9.87. The Hall–Kier alpha value is -1.35. The summed E-state index contributed by atoms with van der Waals surface area (Å²) >= 11 is 0. The van der Waals surface area contributed by atoms with Gasteiger partial charge in [-0.2, -0.15) is 0 Å². The molecule has 1 aromatic carbocycles. The molecule has 2 aliphatic rings. The minimum atomic E-state index is 0.151. The zero-order valence-corrected chi connectivity index (χ0v) is 13.3. The van der Waals surface area contributed by atoms with Crippen molar-refractivity contribution in [2.45, 2.75) is 45.4 Å². The van der Waals surface area contributed by atoms with E-state index in [9.17, 15) is 4.79 Å². The van der Waals surface area contributed by atoms with E-state index in [0.717, 1.165) is 38.0 Å². The average Bonchev–Trinajstić information content (AvgIpc) is 3.13. The molecule has 114 valence electrons. The standard InChI is InChI=1S/C18H26N2O/c1-17(2,3)13-4-6-14(7-5-13)20-16(21)15-12-18(15)8-10-19-11-9-18/h4-7,15,19H,8-12H2,1-3H3,(H,20,21). The smallest absolute Gasteiger partial charge is 0.228 e. The molecule has 1 unspecified atom stereocenters. The Kier molecular flexibility index (Phi) is 3.56. The van der Waals surface area contributed by atoms with Crippen LogP contribution in [0.5, 0.6) is 0 Å². The van der Waals surface area contributed by atoms with Crippen LogP contribution in [0.1, 0.15) is 45.6 Å². The molecular formula is C18H26N2O. The van der Waals surface area contributed by atoms with Crippen molar-refractivity contribution in [1.82, 2.24) is 5.32 Å². The van der Waals surface area contributed by atoms with Gasteiger partial charge in [0.25, 0.3) is 0 Å². The fourth-order valence-electron chi connectivity index (χ4n) is 3.48. The van der Waals surface area contributed by atoms with Gasteiger partial charge >= 0.3 is 0 Å². The summed E-state index contributed by atoms with van der Waals surface area (Å²) in [6, 6.07) is 8.28. The van der Waals surface area contributed by atoms with Gasteiger partial charge < -0.3 is 10.6 Å². The Morgan fingerprint density at radius 2 is 1.81 bits per heavy atom. The van der Waals surface area contributed by atoms with Gasteiger partial charge in [-0.1, -0.05) is 32.9 Å². The van der Waals surface area contributed by atoms with Crippen molar-refractivity contribution in [3.8, 4) is 0 Å². The van der Waals surface area contributed by atoms with Gasteiger partial charge in [0.2, 0.25) is 5.91 Å². The summed E-state index contributed by atoms with van der Waals surface area (Å²) in [4.78, 5) is 12.4. The first kappa shape index (κ1) is 14.6. The van der Waals surface area contributed by atoms with Gasteiger partial charge in [0.1, 0.15) is 0 Å². The van der Waals surface area contributed by atoms with E-state index in [1.54, 1.807) is 0 Å². The fraction of sp³-hybridized carbons (Fsp3) is 0.611. The minimum Gasteiger partial charge on any atom is -0.326 e. The van der Waals surface area contributed by atoms with Crippen molar-refractivity contribution in [2.75, 3.05) is 18.4 Å². The van der Waals surface area contributed by atoms with Crippen molar-refractivity contribution in [1.29, 1.82) is 0 Å². The minimum absolute atomic E-state index is 0.151. The predicted molar refractivity (Wildman–Crippen MR) is 86.4 cm³/mol. The fourth-order valence-corrected chi connectivity index (χ4v) is 3.48. The van der Waals surface area contributed by atoms with Gasteiger partial charge in [-0.3, -0.25) is 4.79 Å². The molecule has 1 amide bonds. The maximum absolute atomic E-state index is 12.4. The Bertz CT molecular complexity index is 521. The van der Waals surface area contributed by atoms with E-state index in [1.165, 1.54) is 5.56 Å². The number of anilines is 1. The van der Waals surface area contributed by atoms with Crippen LogP contribution in [0.3, 0.4) is 0 Å². The summed E-state index contributed by atoms with van der Waals surface area (Å²) in [5, 5.41) is 6.47. The molecular weight excluding hydrogens is 260 g/mol. The second-order valence-corrected chi connectivity index (χ2v) is 7.69. The van der Waals surface area contributed by atoms with Gasteiger partial charge in [0.15, 0.2) is 0 Å². The average molecular weight is 286 g/mol. The van der Waals surface area contributed by atoms with Crippen molar-refractivity contribution in [2.24, 2.45) is 11.3 Å². The summed E-state index contributed by atoms with van der Waals surface area (Å²) in [6.45, 7) is 8.72. The van der Waals surface area contributed by atoms with Crippen LogP contribution in [0, 0.1) is 11.3 Å². The third-order valence-electron chi connectivity index (χ3n) is 5.12. The van der Waals surface area contributed by atoms with E-state index < -0.39 is 0 Å². The summed E-state index contributed by atoms with van der Waals surface area (Å²) < 4.78 is 0. The first-order valence-corrected chi connectivity index (χ1v) is 8.03. The molecule has 3 rings (SSSR count). The van der Waals surface area contributed by atoms with Gasteiger partial charge in [0.05, 0.1) is 0 Å². The lowest BCUT2D eigenvalue weighted by Gasteiger charge is -2.23. The predicted octanol–water partition coefficient (Wildman–Crippen LogP) is 3.31. The number of piperidine rings is 1. The van der Waals surface area contributed by atoms with E-state index in [0.29, 0.717) is 5.41 Å². The third-order valence-corrected chi connectivity index (χ3v) is 5.12. The number of benzene rings is 1. The molecule has 2 fully saturated rings. The second-order valence-electron chi connectivity index (χ2n) is 7.69. The molecule has 1 spiro atoms. The number of rotatable bonds is 2. The molecule has 1 saturated heterocycles. The molecule has 1 atom stereocenters. The Balaban J connectivity index is 1.61. The van der Waals surface area contributed by atoms with Gasteiger partial charge in [0, 0.05) is 11.6 Å². The highest BCUT2D eigenvalue weighted by molar-refractivity contribution is 5.95. The summed E-state index contributed by atoms with van der Waals surface area (Å²) in [5.41, 5.74) is 2.67. The van der Waals surface area contributed by atoms with Crippen LogP contribution in [-0.2, 0) is 10.2 Å². The monoisotopic (exact) mass is 286 g/mol. The first-order valence-electron chi connectivity index (χ1n) is 8.03. The Labute approximate surface area is 127 Å². The lowest BCUT2D eigenvalue weighted by Crippen LogP contribution is -2.31. The van der Waals surface area contributed by atoms with Crippen LogP contribution in [0.2, 0.25) is 0 Å². The first-order chi connectivity index (χ1) is 9.91. The van der Waals surface area contributed by atoms with Crippen LogP contribution in [0.25, 0.3) is 0 Å². The molecule has 1 aliphatic carbocycles. The maximum atomic E-state index is 12.4. The molecule has 1 saturated carbocycles. The van der Waals surface area contributed by atoms with Gasteiger partial charge in [-0.05, 0) is 60.9 Å². The molecule has 1 heterocycles. The largest absolute Gasteiger partial charge is 0.326 e. The van der Waals surface area contributed by atoms with Crippen LogP contribution in [-0.4, -0.2) is 19.0 Å². The number of nitrogens with one attached hydrogen (secondary N) is 2. The number of hydrogen-bond acceptors (Lipinski definition) is 2. The topological polar surface area (TPSA) is 41.1 Å². The summed E-state index contributed by atoms with van der Waals surface area (Å²) in [5.74, 6) is 0.433. The van der Waals surface area contributed by atoms with E-state index in [4.69, 9.17) is 0 Å². The number of hydrogen-bond donors (Lipinski definition) is 2. The highest BCUT2D eigenvalue weighted by atomic mass is 16.2. The SMILES string of the molecule is CC(C)(C)c1ccc(NC(=O)C2CC23CCNCC3)cc1. The van der Waals surface area contributed by atoms with E-state index in [-0.39, 0.29) is 17.2 Å². The van der Waals surface area contributed by atoms with Crippen molar-refractivity contribution in [3.05, 3.63) is 29.8 Å². The third kappa shape index (κ3) is 2.98. The Morgan fingerprint density at radius 1 is 1.19 bits per heavy atom. The van der Waals surface area contributed by atoms with E-state index in [1.807, 2.05) is 12.1 Å². The molecule has 0 bridgehead atoms. The Morgan fingerprint density at radius 3 is 2.38 bits per heavy atom. The highest BCUT2D eigenvalue weighted by Gasteiger charge is 2.57. The zero-order chi connectivity index (χ0) is 15.1. The zero-order valence-electron chi connectivity index (χ0n) is 13.3. The quantitative estimate of drug-likeness (QED) is 0.875. The van der Waals surface area contributed by atoms with E-state index >= 15 is 0 Å². The second kappa shape index (κ2) is 5.13. The normalized spacial score (nSPS) is 23.9. The lowest BCUT2D eigenvalue weighted by molar-refractivity contribution is -0.118. The van der Waals surface area contributed by atoms with E-state index in [2.05, 4.69) is 43.5 Å². The molecule has 2 N–H and O–H groups in total. The van der Waals surface area contributed by atoms with Crippen LogP contribution >= 0.6 is 0 Å². The number of carbonyl (C=O) groups excluding carboxylic acids is 1. The molecule has 1 aromatic rings. The maximum Gasteiger partial charge on any atom is 0.228 e. The molecule has 21 heavy (non-hydrogen) atoms. The number of carbonyl (C=O) groups is 1. The van der Waals surface area contributed by atoms with Crippen molar-refractivity contribution >= 4 is 11.6 Å². The van der Waals surface area contributed by atoms with Gasteiger partial charge in [-0.15, -0.1) is 0 Å².